The molecule has 0 saturated carbocycles. The van der Waals surface area contributed by atoms with Crippen LogP contribution >= 0.6 is 22.9 Å². The van der Waals surface area contributed by atoms with Crippen LogP contribution in [0.3, 0.4) is 0 Å². The van der Waals surface area contributed by atoms with Gasteiger partial charge < -0.3 is 0 Å². The summed E-state index contributed by atoms with van der Waals surface area (Å²) in [5, 5.41) is 4.69. The molecule has 0 aliphatic heterocycles. The summed E-state index contributed by atoms with van der Waals surface area (Å²) < 4.78 is 44.7. The Morgan fingerprint density at radius 3 is 2.58 bits per heavy atom. The first-order valence-corrected chi connectivity index (χ1v) is 12.4. The number of anilines is 1. The van der Waals surface area contributed by atoms with Crippen LogP contribution in [-0.2, 0) is 22.5 Å². The Morgan fingerprint density at radius 2 is 1.94 bits per heavy atom. The van der Waals surface area contributed by atoms with Gasteiger partial charge in [-0.2, -0.15) is 5.10 Å². The molecule has 172 valence electrons. The molecule has 0 aliphatic rings. The van der Waals surface area contributed by atoms with Crippen molar-refractivity contribution in [2.24, 2.45) is 7.05 Å². The summed E-state index contributed by atoms with van der Waals surface area (Å²) in [6.45, 7) is 6.00. The highest BCUT2D eigenvalue weighted by atomic mass is 35.5. The highest BCUT2D eigenvalue weighted by Crippen LogP contribution is 2.42. The van der Waals surface area contributed by atoms with E-state index in [4.69, 9.17) is 16.6 Å². The van der Waals surface area contributed by atoms with Gasteiger partial charge in [0.2, 0.25) is 5.28 Å². The number of aromatic nitrogens is 5. The topological polar surface area (TPSA) is 103 Å². The lowest BCUT2D eigenvalue weighted by Gasteiger charge is -2.13. The van der Waals surface area contributed by atoms with Crippen molar-refractivity contribution in [3.8, 4) is 21.8 Å². The van der Waals surface area contributed by atoms with E-state index in [9.17, 15) is 8.42 Å². The second-order valence-corrected chi connectivity index (χ2v) is 11.3. The summed E-state index contributed by atoms with van der Waals surface area (Å²) in [7, 11) is -2.44. The quantitative estimate of drug-likeness (QED) is 0.386. The van der Waals surface area contributed by atoms with Crippen molar-refractivity contribution in [1.82, 2.24) is 24.7 Å². The highest BCUT2D eigenvalue weighted by Gasteiger charge is 2.27. The average Bonchev–Trinajstić information content (AvgIpc) is 3.36. The molecule has 0 saturated heterocycles. The molecule has 1 aromatic carbocycles. The molecule has 4 aromatic rings. The molecule has 3 heterocycles. The molecule has 0 radical (unpaired) electrons. The van der Waals surface area contributed by atoms with Gasteiger partial charge in [-0.3, -0.25) is 9.40 Å². The number of thiazole rings is 1. The van der Waals surface area contributed by atoms with Gasteiger partial charge in [0.05, 0.1) is 33.2 Å². The molecule has 12 heteroatoms. The molecule has 0 bridgehead atoms. The number of benzene rings is 1. The minimum Gasteiger partial charge on any atom is -0.277 e. The summed E-state index contributed by atoms with van der Waals surface area (Å²) in [5.74, 6) is -0.753. The molecule has 0 fully saturated rings. The molecule has 33 heavy (non-hydrogen) atoms. The smallest absolute Gasteiger partial charge is 0.265 e. The van der Waals surface area contributed by atoms with Crippen LogP contribution in [0.4, 0.5) is 10.1 Å². The van der Waals surface area contributed by atoms with Crippen molar-refractivity contribution in [2.45, 2.75) is 31.1 Å². The van der Waals surface area contributed by atoms with Gasteiger partial charge in [0, 0.05) is 30.4 Å². The van der Waals surface area contributed by atoms with Crippen molar-refractivity contribution in [3.05, 3.63) is 59.0 Å². The summed E-state index contributed by atoms with van der Waals surface area (Å²) in [6, 6.07) is 6.13. The molecule has 0 unspecified atom stereocenters. The first kappa shape index (κ1) is 23.3. The molecule has 8 nitrogen and oxygen atoms in total. The van der Waals surface area contributed by atoms with Gasteiger partial charge in [-0.1, -0.05) is 26.8 Å². The van der Waals surface area contributed by atoms with Crippen LogP contribution in [0.5, 0.6) is 0 Å². The van der Waals surface area contributed by atoms with E-state index in [2.05, 4.69) is 19.8 Å². The fourth-order valence-electron chi connectivity index (χ4n) is 2.99. The third-order valence-corrected chi connectivity index (χ3v) is 7.62. The van der Waals surface area contributed by atoms with Gasteiger partial charge in [-0.15, -0.1) is 11.3 Å². The number of nitrogens with zero attached hydrogens (tertiary/aromatic N) is 5. The Balaban J connectivity index is 1.84. The van der Waals surface area contributed by atoms with Gasteiger partial charge >= 0.3 is 0 Å². The molecular weight excluding hydrogens is 487 g/mol. The second kappa shape index (κ2) is 8.47. The van der Waals surface area contributed by atoms with E-state index in [0.29, 0.717) is 16.3 Å². The number of nitrogens with one attached hydrogen (secondary N) is 1. The minimum absolute atomic E-state index is 0.0580. The van der Waals surface area contributed by atoms with Crippen molar-refractivity contribution in [2.75, 3.05) is 4.72 Å². The minimum atomic E-state index is -4.03. The SMILES string of the molecule is Cn1cc(S(=O)(=O)Nc2cccc(-c3nc(C(C)(C)C)sc3-c3ccnc(Cl)n3)c2F)cn1. The average molecular weight is 507 g/mol. The first-order chi connectivity index (χ1) is 15.5. The molecule has 0 amide bonds. The predicted octanol–water partition coefficient (Wildman–Crippen LogP) is 4.89. The van der Waals surface area contributed by atoms with Gasteiger partial charge in [0.25, 0.3) is 10.0 Å². The van der Waals surface area contributed by atoms with Crippen molar-refractivity contribution >= 4 is 38.6 Å². The lowest BCUT2D eigenvalue weighted by atomic mass is 9.98. The summed E-state index contributed by atoms with van der Waals surface area (Å²) >= 11 is 7.36. The maximum Gasteiger partial charge on any atom is 0.265 e. The van der Waals surface area contributed by atoms with E-state index in [-0.39, 0.29) is 26.8 Å². The number of sulfonamides is 1. The lowest BCUT2D eigenvalue weighted by Crippen LogP contribution is -2.14. The third-order valence-electron chi connectivity index (χ3n) is 4.62. The Morgan fingerprint density at radius 1 is 1.18 bits per heavy atom. The van der Waals surface area contributed by atoms with E-state index in [1.54, 1.807) is 25.2 Å². The maximum absolute atomic E-state index is 15.6. The Bertz CT molecular complexity index is 1440. The maximum atomic E-state index is 15.6. The zero-order valence-corrected chi connectivity index (χ0v) is 20.6. The fraction of sp³-hybridized carbons (Fsp3) is 0.238. The molecule has 4 rings (SSSR count). The Hall–Kier alpha value is -2.89. The Labute approximate surface area is 199 Å². The van der Waals surface area contributed by atoms with Crippen LogP contribution in [-0.4, -0.2) is 33.2 Å². The van der Waals surface area contributed by atoms with Crippen molar-refractivity contribution in [3.63, 3.8) is 0 Å². The normalized spacial score (nSPS) is 12.2. The van der Waals surface area contributed by atoms with Crippen LogP contribution in [0, 0.1) is 5.82 Å². The molecule has 3 aromatic heterocycles. The van der Waals surface area contributed by atoms with Crippen molar-refractivity contribution < 1.29 is 12.8 Å². The van der Waals surface area contributed by atoms with Crippen LogP contribution in [0.1, 0.15) is 25.8 Å². The third kappa shape index (κ3) is 4.75. The first-order valence-electron chi connectivity index (χ1n) is 9.76. The van der Waals surface area contributed by atoms with Gasteiger partial charge in [0.15, 0.2) is 5.82 Å². The van der Waals surface area contributed by atoms with Crippen LogP contribution in [0.2, 0.25) is 5.28 Å². The monoisotopic (exact) mass is 506 g/mol. The Kier molecular flexibility index (Phi) is 5.97. The van der Waals surface area contributed by atoms with Crippen LogP contribution < -0.4 is 4.72 Å². The highest BCUT2D eigenvalue weighted by molar-refractivity contribution is 7.92. The lowest BCUT2D eigenvalue weighted by molar-refractivity contribution is 0.585. The molecular formula is C21H20ClFN6O2S2. The number of aryl methyl sites for hydroxylation is 1. The largest absolute Gasteiger partial charge is 0.277 e. The number of rotatable bonds is 5. The summed E-state index contributed by atoms with van der Waals surface area (Å²) in [4.78, 5) is 13.4. The molecule has 1 N–H and O–H groups in total. The summed E-state index contributed by atoms with van der Waals surface area (Å²) in [6.07, 6.45) is 4.04. The second-order valence-electron chi connectivity index (χ2n) is 8.28. The van der Waals surface area contributed by atoms with E-state index >= 15 is 4.39 Å². The van der Waals surface area contributed by atoms with E-state index in [1.807, 2.05) is 20.8 Å². The predicted molar refractivity (Wildman–Crippen MR) is 126 cm³/mol. The molecule has 0 aliphatic carbocycles. The fourth-order valence-corrected chi connectivity index (χ4v) is 5.29. The zero-order valence-electron chi connectivity index (χ0n) is 18.2. The number of hydrogen-bond donors (Lipinski definition) is 1. The van der Waals surface area contributed by atoms with Gasteiger partial charge in [0.1, 0.15) is 4.90 Å². The van der Waals surface area contributed by atoms with Crippen LogP contribution in [0.25, 0.3) is 21.8 Å². The number of halogens is 2. The van der Waals surface area contributed by atoms with Gasteiger partial charge in [-0.25, -0.2) is 27.8 Å². The molecule has 0 atom stereocenters. The molecule has 0 spiro atoms. The zero-order chi connectivity index (χ0) is 24.0. The van der Waals surface area contributed by atoms with Crippen LogP contribution in [0.15, 0.2) is 47.8 Å². The number of hydrogen-bond acceptors (Lipinski definition) is 7. The van der Waals surface area contributed by atoms with E-state index in [0.717, 1.165) is 5.01 Å². The van der Waals surface area contributed by atoms with Crippen molar-refractivity contribution in [1.29, 1.82) is 0 Å². The van der Waals surface area contributed by atoms with E-state index in [1.165, 1.54) is 40.7 Å². The van der Waals surface area contributed by atoms with E-state index < -0.39 is 15.8 Å². The van der Waals surface area contributed by atoms with Gasteiger partial charge in [-0.05, 0) is 29.8 Å². The summed E-state index contributed by atoms with van der Waals surface area (Å²) in [5.41, 5.74) is 0.481. The standard InChI is InChI=1S/C21H20ClFN6O2S2/c1-21(2,3)19-27-17(18(32-19)15-8-9-24-20(22)26-15)13-6-5-7-14(16(13)23)28-33(30,31)12-10-25-29(4)11-12/h5-11,28H,1-4H3.